The molecular formula is C7H13N5O3S. The highest BCUT2D eigenvalue weighted by Crippen LogP contribution is 2.10. The molecule has 1 rings (SSSR count). The van der Waals surface area contributed by atoms with Gasteiger partial charge in [-0.25, -0.2) is 8.42 Å². The minimum Gasteiger partial charge on any atom is -0.409 e. The fourth-order valence-electron chi connectivity index (χ4n) is 0.961. The van der Waals surface area contributed by atoms with Crippen LogP contribution in [-0.2, 0) is 10.0 Å². The van der Waals surface area contributed by atoms with Gasteiger partial charge in [-0.05, 0) is 19.9 Å². The number of sulfonamides is 1. The Labute approximate surface area is 92.6 Å². The first kappa shape index (κ1) is 12.5. The Morgan fingerprint density at radius 1 is 1.69 bits per heavy atom. The van der Waals surface area contributed by atoms with Crippen LogP contribution in [0, 0.1) is 0 Å². The second-order valence-corrected chi connectivity index (χ2v) is 5.29. The molecule has 0 fully saturated rings. The zero-order valence-electron chi connectivity index (χ0n) is 8.80. The van der Waals surface area contributed by atoms with Crippen molar-refractivity contribution in [3.05, 3.63) is 12.3 Å². The van der Waals surface area contributed by atoms with E-state index in [0.717, 1.165) is 0 Å². The molecule has 0 aliphatic carbocycles. The molecule has 0 radical (unpaired) electrons. The summed E-state index contributed by atoms with van der Waals surface area (Å²) in [6, 6.07) is 1.30. The van der Waals surface area contributed by atoms with Gasteiger partial charge in [0.2, 0.25) is 0 Å². The summed E-state index contributed by atoms with van der Waals surface area (Å²) in [5.41, 5.74) is 4.16. The molecule has 5 N–H and O–H groups in total. The fourth-order valence-corrected chi connectivity index (χ4v) is 2.26. The Morgan fingerprint density at radius 3 is 2.75 bits per heavy atom. The third-order valence-electron chi connectivity index (χ3n) is 1.90. The third kappa shape index (κ3) is 2.49. The smallest absolute Gasteiger partial charge is 0.258 e. The predicted molar refractivity (Wildman–Crippen MR) is 56.4 cm³/mol. The Kier molecular flexibility index (Phi) is 3.19. The van der Waals surface area contributed by atoms with E-state index in [0.29, 0.717) is 0 Å². The van der Waals surface area contributed by atoms with Crippen LogP contribution in [0.4, 0.5) is 0 Å². The molecule has 0 aliphatic heterocycles. The lowest BCUT2D eigenvalue weighted by Gasteiger charge is -2.23. The zero-order chi connectivity index (χ0) is 12.4. The summed E-state index contributed by atoms with van der Waals surface area (Å²) >= 11 is 0. The molecule has 0 unspecified atom stereocenters. The van der Waals surface area contributed by atoms with Crippen molar-refractivity contribution >= 4 is 15.9 Å². The molecule has 8 nitrogen and oxygen atoms in total. The molecule has 0 saturated carbocycles. The quantitative estimate of drug-likeness (QED) is 0.239. The van der Waals surface area contributed by atoms with E-state index in [2.05, 4.69) is 20.1 Å². The molecule has 0 bridgehead atoms. The van der Waals surface area contributed by atoms with Crippen LogP contribution in [0.15, 0.2) is 22.4 Å². The van der Waals surface area contributed by atoms with Crippen LogP contribution in [0.5, 0.6) is 0 Å². The van der Waals surface area contributed by atoms with Crippen LogP contribution in [0.2, 0.25) is 0 Å². The second kappa shape index (κ2) is 4.10. The molecule has 0 amide bonds. The molecule has 0 saturated heterocycles. The first-order chi connectivity index (χ1) is 7.29. The van der Waals surface area contributed by atoms with Crippen LogP contribution in [-0.4, -0.2) is 35.2 Å². The number of nitrogens with two attached hydrogens (primary N) is 1. The first-order valence-corrected chi connectivity index (χ1v) is 5.79. The van der Waals surface area contributed by atoms with Crippen LogP contribution in [0.25, 0.3) is 0 Å². The number of amidine groups is 1. The number of aromatic amines is 1. The maximum atomic E-state index is 11.8. The van der Waals surface area contributed by atoms with Crippen molar-refractivity contribution in [3.63, 3.8) is 0 Å². The number of H-pyrrole nitrogens is 1. The first-order valence-electron chi connectivity index (χ1n) is 4.31. The number of nitrogens with zero attached hydrogens (tertiary/aromatic N) is 2. The lowest BCUT2D eigenvalue weighted by Crippen LogP contribution is -2.53. The number of hydrogen-bond acceptors (Lipinski definition) is 5. The van der Waals surface area contributed by atoms with Gasteiger partial charge in [0.15, 0.2) is 10.9 Å². The maximum absolute atomic E-state index is 11.8. The molecule has 90 valence electrons. The van der Waals surface area contributed by atoms with Crippen molar-refractivity contribution in [2.24, 2.45) is 10.9 Å². The van der Waals surface area contributed by atoms with Gasteiger partial charge in [-0.15, -0.1) is 0 Å². The highest BCUT2D eigenvalue weighted by Gasteiger charge is 2.30. The normalized spacial score (nSPS) is 14.0. The molecule has 16 heavy (non-hydrogen) atoms. The van der Waals surface area contributed by atoms with Gasteiger partial charge in [0, 0.05) is 0 Å². The van der Waals surface area contributed by atoms with Crippen LogP contribution < -0.4 is 10.5 Å². The summed E-state index contributed by atoms with van der Waals surface area (Å²) in [6.07, 6.45) is 1.31. The standard InChI is InChI=1S/C7H13N5O3S/c1-7(2,6(8)11-13)12-16(14,15)5-3-4-9-10-5/h3-4,12-13H,1-2H3,(H2,8,11)(H,9,10). The monoisotopic (exact) mass is 247 g/mol. The average Bonchev–Trinajstić information content (AvgIpc) is 2.68. The summed E-state index contributed by atoms with van der Waals surface area (Å²) < 4.78 is 25.8. The van der Waals surface area contributed by atoms with E-state index in [1.54, 1.807) is 0 Å². The number of rotatable bonds is 4. The summed E-state index contributed by atoms with van der Waals surface area (Å²) in [4.78, 5) is 0. The minimum atomic E-state index is -3.77. The molecular weight excluding hydrogens is 234 g/mol. The van der Waals surface area contributed by atoms with Gasteiger partial charge in [0.1, 0.15) is 0 Å². The van der Waals surface area contributed by atoms with Crippen LogP contribution in [0.1, 0.15) is 13.8 Å². The van der Waals surface area contributed by atoms with E-state index >= 15 is 0 Å². The minimum absolute atomic E-state index is 0.0914. The van der Waals surface area contributed by atoms with Gasteiger partial charge in [0.25, 0.3) is 10.0 Å². The van der Waals surface area contributed by atoms with Gasteiger partial charge >= 0.3 is 0 Å². The third-order valence-corrected chi connectivity index (χ3v) is 3.49. The Hall–Kier alpha value is -1.61. The van der Waals surface area contributed by atoms with E-state index in [1.165, 1.54) is 26.1 Å². The molecule has 1 aromatic rings. The van der Waals surface area contributed by atoms with E-state index < -0.39 is 15.6 Å². The summed E-state index contributed by atoms with van der Waals surface area (Å²) in [6.45, 7) is 2.94. The van der Waals surface area contributed by atoms with Crippen molar-refractivity contribution in [1.82, 2.24) is 14.9 Å². The predicted octanol–water partition coefficient (Wildman–Crippen LogP) is -0.787. The average molecular weight is 247 g/mol. The Balaban J connectivity index is 2.99. The van der Waals surface area contributed by atoms with Gasteiger partial charge in [-0.3, -0.25) is 5.10 Å². The largest absolute Gasteiger partial charge is 0.409 e. The van der Waals surface area contributed by atoms with E-state index in [-0.39, 0.29) is 10.9 Å². The van der Waals surface area contributed by atoms with Gasteiger partial charge in [0.05, 0.1) is 11.7 Å². The molecule has 1 aromatic heterocycles. The fraction of sp³-hybridized carbons (Fsp3) is 0.429. The zero-order valence-corrected chi connectivity index (χ0v) is 9.61. The molecule has 0 atom stereocenters. The molecule has 0 aromatic carbocycles. The Morgan fingerprint density at radius 2 is 2.31 bits per heavy atom. The van der Waals surface area contributed by atoms with Crippen molar-refractivity contribution in [3.8, 4) is 0 Å². The van der Waals surface area contributed by atoms with Crippen LogP contribution >= 0.6 is 0 Å². The topological polar surface area (TPSA) is 133 Å². The molecule has 0 aliphatic rings. The number of oxime groups is 1. The Bertz CT molecular complexity index is 476. The molecule has 9 heteroatoms. The molecule has 0 spiro atoms. The highest BCUT2D eigenvalue weighted by atomic mass is 32.2. The molecule has 1 heterocycles. The summed E-state index contributed by atoms with van der Waals surface area (Å²) in [5, 5.41) is 17.0. The van der Waals surface area contributed by atoms with Crippen molar-refractivity contribution in [2.45, 2.75) is 24.4 Å². The number of nitrogens with one attached hydrogen (secondary N) is 2. The van der Waals surface area contributed by atoms with Gasteiger partial charge in [-0.1, -0.05) is 5.16 Å². The van der Waals surface area contributed by atoms with Gasteiger partial charge < -0.3 is 10.9 Å². The van der Waals surface area contributed by atoms with E-state index in [4.69, 9.17) is 10.9 Å². The van der Waals surface area contributed by atoms with Crippen molar-refractivity contribution < 1.29 is 13.6 Å². The lowest BCUT2D eigenvalue weighted by atomic mass is 10.1. The number of aromatic nitrogens is 2. The second-order valence-electron chi connectivity index (χ2n) is 3.64. The maximum Gasteiger partial charge on any atom is 0.258 e. The van der Waals surface area contributed by atoms with Crippen molar-refractivity contribution in [2.75, 3.05) is 0 Å². The SMILES string of the molecule is CC(C)(NS(=O)(=O)c1ccn[nH]1)C(N)=NO. The van der Waals surface area contributed by atoms with E-state index in [9.17, 15) is 8.42 Å². The number of hydrogen-bond donors (Lipinski definition) is 4. The summed E-state index contributed by atoms with van der Waals surface area (Å²) in [5.74, 6) is -0.240. The van der Waals surface area contributed by atoms with Gasteiger partial charge in [-0.2, -0.15) is 9.82 Å². The van der Waals surface area contributed by atoms with Crippen LogP contribution in [0.3, 0.4) is 0 Å². The van der Waals surface area contributed by atoms with E-state index in [1.807, 2.05) is 0 Å². The lowest BCUT2D eigenvalue weighted by molar-refractivity contribution is 0.312. The summed E-state index contributed by atoms with van der Waals surface area (Å²) in [7, 11) is -3.77. The highest BCUT2D eigenvalue weighted by molar-refractivity contribution is 7.89. The van der Waals surface area contributed by atoms with Crippen molar-refractivity contribution in [1.29, 1.82) is 0 Å².